The van der Waals surface area contributed by atoms with Gasteiger partial charge >= 0.3 is 0 Å². The van der Waals surface area contributed by atoms with E-state index >= 15 is 0 Å². The van der Waals surface area contributed by atoms with Crippen LogP contribution in [0.5, 0.6) is 0 Å². The molecule has 0 aliphatic rings. The van der Waals surface area contributed by atoms with Crippen molar-refractivity contribution in [1.29, 1.82) is 0 Å². The minimum absolute atomic E-state index is 0.505. The van der Waals surface area contributed by atoms with E-state index in [4.69, 9.17) is 16.6 Å². The lowest BCUT2D eigenvalue weighted by Crippen LogP contribution is -1.95. The Morgan fingerprint density at radius 2 is 1.95 bits per heavy atom. The van der Waals surface area contributed by atoms with Crippen molar-refractivity contribution in [3.63, 3.8) is 0 Å². The number of aryl methyl sites for hydroxylation is 3. The van der Waals surface area contributed by atoms with Crippen LogP contribution in [0.25, 0.3) is 21.6 Å². The van der Waals surface area contributed by atoms with Gasteiger partial charge < -0.3 is 0 Å². The van der Waals surface area contributed by atoms with Gasteiger partial charge in [0.1, 0.15) is 5.15 Å². The van der Waals surface area contributed by atoms with Crippen LogP contribution in [-0.2, 0) is 6.42 Å². The summed E-state index contributed by atoms with van der Waals surface area (Å²) in [6, 6.07) is 6.05. The highest BCUT2D eigenvalue weighted by Crippen LogP contribution is 2.31. The van der Waals surface area contributed by atoms with Gasteiger partial charge in [-0.05, 0) is 31.9 Å². The molecule has 0 saturated heterocycles. The van der Waals surface area contributed by atoms with Gasteiger partial charge in [0.05, 0.1) is 21.1 Å². The predicted molar refractivity (Wildman–Crippen MR) is 84.5 cm³/mol. The number of para-hydroxylation sites is 1. The number of fused-ring (bicyclic) bond motifs is 1. The molecule has 0 bridgehead atoms. The predicted octanol–water partition coefficient (Wildman–Crippen LogP) is 4.59. The van der Waals surface area contributed by atoms with Crippen molar-refractivity contribution in [3.05, 3.63) is 39.6 Å². The smallest absolute Gasteiger partial charge is 0.173 e. The van der Waals surface area contributed by atoms with E-state index in [0.717, 1.165) is 32.9 Å². The standard InChI is InChI=1S/C15H14ClN3S/c1-4-10-6-5-7-11-12(10)18-15(19-14(11)16)13-8(2)17-9(3)20-13/h5-7H,4H2,1-3H3. The van der Waals surface area contributed by atoms with Crippen molar-refractivity contribution in [1.82, 2.24) is 15.0 Å². The van der Waals surface area contributed by atoms with Gasteiger partial charge in [-0.2, -0.15) is 0 Å². The Kier molecular flexibility index (Phi) is 3.44. The first-order chi connectivity index (χ1) is 9.60. The van der Waals surface area contributed by atoms with Gasteiger partial charge in [-0.25, -0.2) is 15.0 Å². The van der Waals surface area contributed by atoms with Gasteiger partial charge in [0.2, 0.25) is 0 Å². The molecule has 2 heterocycles. The number of hydrogen-bond donors (Lipinski definition) is 0. The van der Waals surface area contributed by atoms with Gasteiger partial charge in [-0.15, -0.1) is 11.3 Å². The zero-order valence-electron chi connectivity index (χ0n) is 11.6. The molecule has 5 heteroatoms. The summed E-state index contributed by atoms with van der Waals surface area (Å²) in [6.45, 7) is 6.08. The summed E-state index contributed by atoms with van der Waals surface area (Å²) < 4.78 is 0. The van der Waals surface area contributed by atoms with Crippen molar-refractivity contribution in [2.75, 3.05) is 0 Å². The maximum Gasteiger partial charge on any atom is 0.173 e. The van der Waals surface area contributed by atoms with E-state index in [2.05, 4.69) is 23.0 Å². The van der Waals surface area contributed by atoms with Crippen LogP contribution in [0.15, 0.2) is 18.2 Å². The third kappa shape index (κ3) is 2.19. The molecule has 0 saturated carbocycles. The third-order valence-corrected chi connectivity index (χ3v) is 4.61. The fraction of sp³-hybridized carbons (Fsp3) is 0.267. The van der Waals surface area contributed by atoms with Crippen LogP contribution in [0.4, 0.5) is 0 Å². The van der Waals surface area contributed by atoms with E-state index in [1.54, 1.807) is 11.3 Å². The van der Waals surface area contributed by atoms with E-state index in [1.165, 1.54) is 5.56 Å². The monoisotopic (exact) mass is 303 g/mol. The zero-order chi connectivity index (χ0) is 14.3. The lowest BCUT2D eigenvalue weighted by atomic mass is 10.1. The van der Waals surface area contributed by atoms with Gasteiger partial charge in [-0.3, -0.25) is 0 Å². The minimum Gasteiger partial charge on any atom is -0.246 e. The molecule has 0 aliphatic carbocycles. The maximum atomic E-state index is 6.33. The van der Waals surface area contributed by atoms with Crippen LogP contribution >= 0.6 is 22.9 Å². The molecular weight excluding hydrogens is 290 g/mol. The molecule has 20 heavy (non-hydrogen) atoms. The molecule has 2 aromatic heterocycles. The average Bonchev–Trinajstić information content (AvgIpc) is 2.77. The van der Waals surface area contributed by atoms with Crippen molar-refractivity contribution in [2.24, 2.45) is 0 Å². The second-order valence-electron chi connectivity index (χ2n) is 4.65. The Morgan fingerprint density at radius 3 is 2.60 bits per heavy atom. The summed E-state index contributed by atoms with van der Waals surface area (Å²) in [4.78, 5) is 14.6. The molecule has 0 fully saturated rings. The molecule has 0 radical (unpaired) electrons. The number of hydrogen-bond acceptors (Lipinski definition) is 4. The lowest BCUT2D eigenvalue weighted by molar-refractivity contribution is 1.13. The first-order valence-electron chi connectivity index (χ1n) is 6.49. The Bertz CT molecular complexity index is 795. The highest BCUT2D eigenvalue weighted by molar-refractivity contribution is 7.15. The van der Waals surface area contributed by atoms with Gasteiger partial charge in [0, 0.05) is 5.39 Å². The summed E-state index contributed by atoms with van der Waals surface area (Å²) in [5, 5.41) is 2.43. The van der Waals surface area contributed by atoms with Crippen molar-refractivity contribution in [2.45, 2.75) is 27.2 Å². The van der Waals surface area contributed by atoms with Crippen LogP contribution in [0.3, 0.4) is 0 Å². The van der Waals surface area contributed by atoms with E-state index in [9.17, 15) is 0 Å². The number of nitrogens with zero attached hydrogens (tertiary/aromatic N) is 3. The summed E-state index contributed by atoms with van der Waals surface area (Å²) in [5.74, 6) is 0.673. The summed E-state index contributed by atoms with van der Waals surface area (Å²) in [6.07, 6.45) is 0.921. The molecule has 0 unspecified atom stereocenters. The van der Waals surface area contributed by atoms with Crippen LogP contribution in [-0.4, -0.2) is 15.0 Å². The molecule has 0 N–H and O–H groups in total. The highest BCUT2D eigenvalue weighted by atomic mass is 35.5. The fourth-order valence-corrected chi connectivity index (χ4v) is 3.39. The number of halogens is 1. The first-order valence-corrected chi connectivity index (χ1v) is 7.69. The number of benzene rings is 1. The van der Waals surface area contributed by atoms with E-state index in [-0.39, 0.29) is 0 Å². The van der Waals surface area contributed by atoms with Crippen molar-refractivity contribution in [3.8, 4) is 10.7 Å². The second kappa shape index (κ2) is 5.11. The topological polar surface area (TPSA) is 38.7 Å². The van der Waals surface area contributed by atoms with Crippen LogP contribution < -0.4 is 0 Å². The molecule has 0 amide bonds. The largest absolute Gasteiger partial charge is 0.246 e. The fourth-order valence-electron chi connectivity index (χ4n) is 2.30. The molecule has 102 valence electrons. The summed E-state index contributed by atoms with van der Waals surface area (Å²) >= 11 is 7.94. The molecular formula is C15H14ClN3S. The van der Waals surface area contributed by atoms with Crippen LogP contribution in [0.1, 0.15) is 23.2 Å². The Balaban J connectivity index is 2.31. The molecule has 1 aromatic carbocycles. The lowest BCUT2D eigenvalue weighted by Gasteiger charge is -2.07. The zero-order valence-corrected chi connectivity index (χ0v) is 13.1. The first kappa shape index (κ1) is 13.5. The number of thiazole rings is 1. The Labute approximate surface area is 126 Å². The SMILES string of the molecule is CCc1cccc2c(Cl)nc(-c3sc(C)nc3C)nc12. The highest BCUT2D eigenvalue weighted by Gasteiger charge is 2.14. The number of rotatable bonds is 2. The summed E-state index contributed by atoms with van der Waals surface area (Å²) in [5.41, 5.74) is 3.08. The molecule has 3 rings (SSSR count). The number of aromatic nitrogens is 3. The normalized spacial score (nSPS) is 11.2. The van der Waals surface area contributed by atoms with Crippen LogP contribution in [0.2, 0.25) is 5.15 Å². The quantitative estimate of drug-likeness (QED) is 0.650. The molecule has 0 aliphatic heterocycles. The van der Waals surface area contributed by atoms with E-state index in [0.29, 0.717) is 11.0 Å². The van der Waals surface area contributed by atoms with E-state index < -0.39 is 0 Å². The third-order valence-electron chi connectivity index (χ3n) is 3.25. The van der Waals surface area contributed by atoms with Gasteiger partial charge in [-0.1, -0.05) is 30.7 Å². The summed E-state index contributed by atoms with van der Waals surface area (Å²) in [7, 11) is 0. The van der Waals surface area contributed by atoms with E-state index in [1.807, 2.05) is 26.0 Å². The average molecular weight is 304 g/mol. The van der Waals surface area contributed by atoms with Crippen molar-refractivity contribution >= 4 is 33.8 Å². The molecule has 0 atom stereocenters. The Hall–Kier alpha value is -1.52. The molecule has 3 aromatic rings. The maximum absolute atomic E-state index is 6.33. The van der Waals surface area contributed by atoms with Crippen LogP contribution in [0, 0.1) is 13.8 Å². The van der Waals surface area contributed by atoms with Crippen molar-refractivity contribution < 1.29 is 0 Å². The second-order valence-corrected chi connectivity index (χ2v) is 6.21. The minimum atomic E-state index is 0.505. The Morgan fingerprint density at radius 1 is 1.15 bits per heavy atom. The molecule has 0 spiro atoms. The molecule has 3 nitrogen and oxygen atoms in total. The van der Waals surface area contributed by atoms with Gasteiger partial charge in [0.25, 0.3) is 0 Å². The van der Waals surface area contributed by atoms with Gasteiger partial charge in [0.15, 0.2) is 5.82 Å².